The Bertz CT molecular complexity index is 829. The highest BCUT2D eigenvalue weighted by Crippen LogP contribution is 2.24. The molecule has 4 nitrogen and oxygen atoms in total. The van der Waals surface area contributed by atoms with Crippen molar-refractivity contribution < 1.29 is 4.79 Å². The molecular weight excluding hydrogens is 318 g/mol. The molecule has 0 bridgehead atoms. The van der Waals surface area contributed by atoms with Gasteiger partial charge < -0.3 is 9.88 Å². The van der Waals surface area contributed by atoms with Crippen molar-refractivity contribution in [1.29, 1.82) is 0 Å². The van der Waals surface area contributed by atoms with Gasteiger partial charge in [-0.2, -0.15) is 0 Å². The number of benzene rings is 2. The zero-order valence-electron chi connectivity index (χ0n) is 13.9. The molecule has 0 unspecified atom stereocenters. The van der Waals surface area contributed by atoms with Gasteiger partial charge in [0.1, 0.15) is 0 Å². The van der Waals surface area contributed by atoms with Crippen molar-refractivity contribution in [2.45, 2.75) is 31.6 Å². The molecule has 3 aromatic rings. The molecular formula is C19H21N3OS. The van der Waals surface area contributed by atoms with E-state index >= 15 is 0 Å². The summed E-state index contributed by atoms with van der Waals surface area (Å²) in [6, 6.07) is 18.1. The SMILES string of the molecule is CCn1c(SCC(=O)N[C@@H](C)c2ccccc2)nc2ccccc21. The van der Waals surface area contributed by atoms with Gasteiger partial charge in [-0.15, -0.1) is 0 Å². The van der Waals surface area contributed by atoms with Crippen LogP contribution in [0.2, 0.25) is 0 Å². The molecule has 124 valence electrons. The zero-order valence-corrected chi connectivity index (χ0v) is 14.7. The van der Waals surface area contributed by atoms with Crippen molar-refractivity contribution in [3.8, 4) is 0 Å². The molecule has 1 heterocycles. The van der Waals surface area contributed by atoms with Gasteiger partial charge in [0.25, 0.3) is 0 Å². The average Bonchev–Trinajstić information content (AvgIpc) is 2.98. The third kappa shape index (κ3) is 3.62. The lowest BCUT2D eigenvalue weighted by Gasteiger charge is -2.14. The molecule has 0 saturated heterocycles. The summed E-state index contributed by atoms with van der Waals surface area (Å²) in [7, 11) is 0. The number of hydrogen-bond donors (Lipinski definition) is 1. The number of carbonyl (C=O) groups is 1. The van der Waals surface area contributed by atoms with Crippen molar-refractivity contribution in [2.24, 2.45) is 0 Å². The van der Waals surface area contributed by atoms with Crippen molar-refractivity contribution in [1.82, 2.24) is 14.9 Å². The second-order valence-corrected chi connectivity index (χ2v) is 6.56. The molecule has 2 aromatic carbocycles. The molecule has 0 fully saturated rings. The topological polar surface area (TPSA) is 46.9 Å². The molecule has 1 atom stereocenters. The Balaban J connectivity index is 1.64. The number of imidazole rings is 1. The predicted molar refractivity (Wildman–Crippen MR) is 99.1 cm³/mol. The normalized spacial score (nSPS) is 12.2. The Hall–Kier alpha value is -2.27. The maximum atomic E-state index is 12.2. The Morgan fingerprint density at radius 3 is 2.62 bits per heavy atom. The largest absolute Gasteiger partial charge is 0.349 e. The Labute approximate surface area is 146 Å². The van der Waals surface area contributed by atoms with Crippen LogP contribution in [0.25, 0.3) is 11.0 Å². The molecule has 0 aliphatic rings. The summed E-state index contributed by atoms with van der Waals surface area (Å²) in [5.41, 5.74) is 3.19. The summed E-state index contributed by atoms with van der Waals surface area (Å²) in [6.07, 6.45) is 0. The number of fused-ring (bicyclic) bond motifs is 1. The van der Waals surface area contributed by atoms with E-state index in [0.29, 0.717) is 5.75 Å². The van der Waals surface area contributed by atoms with Gasteiger partial charge in [0, 0.05) is 6.54 Å². The number of hydrogen-bond acceptors (Lipinski definition) is 3. The first-order valence-corrected chi connectivity index (χ1v) is 9.10. The van der Waals surface area contributed by atoms with Crippen LogP contribution in [0.1, 0.15) is 25.5 Å². The minimum Gasteiger partial charge on any atom is -0.349 e. The summed E-state index contributed by atoms with van der Waals surface area (Å²) in [5.74, 6) is 0.381. The number of aryl methyl sites for hydroxylation is 1. The second-order valence-electron chi connectivity index (χ2n) is 5.62. The van der Waals surface area contributed by atoms with E-state index in [2.05, 4.69) is 27.9 Å². The number of carbonyl (C=O) groups excluding carboxylic acids is 1. The molecule has 0 aliphatic heterocycles. The minimum atomic E-state index is 0.00397. The number of nitrogens with one attached hydrogen (secondary N) is 1. The fraction of sp³-hybridized carbons (Fsp3) is 0.263. The zero-order chi connectivity index (χ0) is 16.9. The van der Waals surface area contributed by atoms with Gasteiger partial charge in [-0.1, -0.05) is 54.2 Å². The maximum absolute atomic E-state index is 12.2. The van der Waals surface area contributed by atoms with Crippen LogP contribution in [0.3, 0.4) is 0 Å². The van der Waals surface area contributed by atoms with Crippen LogP contribution in [0.15, 0.2) is 59.8 Å². The van der Waals surface area contributed by atoms with Gasteiger partial charge in [-0.25, -0.2) is 4.98 Å². The van der Waals surface area contributed by atoms with Crippen molar-refractivity contribution in [3.05, 3.63) is 60.2 Å². The van der Waals surface area contributed by atoms with E-state index in [-0.39, 0.29) is 11.9 Å². The summed E-state index contributed by atoms with van der Waals surface area (Å²) < 4.78 is 2.15. The summed E-state index contributed by atoms with van der Waals surface area (Å²) in [4.78, 5) is 16.9. The Morgan fingerprint density at radius 1 is 1.17 bits per heavy atom. The monoisotopic (exact) mass is 339 g/mol. The average molecular weight is 339 g/mol. The first-order valence-electron chi connectivity index (χ1n) is 8.11. The Kier molecular flexibility index (Phi) is 5.20. The van der Waals surface area contributed by atoms with Crippen LogP contribution in [0, 0.1) is 0 Å². The van der Waals surface area contributed by atoms with E-state index in [4.69, 9.17) is 0 Å². The van der Waals surface area contributed by atoms with E-state index in [9.17, 15) is 4.79 Å². The fourth-order valence-corrected chi connectivity index (χ4v) is 3.60. The second kappa shape index (κ2) is 7.53. The molecule has 0 radical (unpaired) electrons. The lowest BCUT2D eigenvalue weighted by Crippen LogP contribution is -2.28. The third-order valence-electron chi connectivity index (χ3n) is 3.95. The molecule has 0 aliphatic carbocycles. The van der Waals surface area contributed by atoms with Crippen LogP contribution < -0.4 is 5.32 Å². The van der Waals surface area contributed by atoms with E-state index < -0.39 is 0 Å². The number of aromatic nitrogens is 2. The van der Waals surface area contributed by atoms with Gasteiger partial charge in [0.2, 0.25) is 5.91 Å². The van der Waals surface area contributed by atoms with Crippen molar-refractivity contribution in [3.63, 3.8) is 0 Å². The van der Waals surface area contributed by atoms with Gasteiger partial charge in [-0.3, -0.25) is 4.79 Å². The molecule has 3 rings (SSSR count). The van der Waals surface area contributed by atoms with E-state index in [0.717, 1.165) is 28.3 Å². The lowest BCUT2D eigenvalue weighted by atomic mass is 10.1. The summed E-state index contributed by atoms with van der Waals surface area (Å²) in [5, 5.41) is 3.93. The summed E-state index contributed by atoms with van der Waals surface area (Å²) >= 11 is 1.48. The first-order chi connectivity index (χ1) is 11.7. The number of para-hydroxylation sites is 2. The highest BCUT2D eigenvalue weighted by molar-refractivity contribution is 7.99. The molecule has 1 N–H and O–H groups in total. The molecule has 0 spiro atoms. The van der Waals surface area contributed by atoms with Gasteiger partial charge in [-0.05, 0) is 31.5 Å². The molecule has 1 amide bonds. The van der Waals surface area contributed by atoms with E-state index in [1.165, 1.54) is 11.8 Å². The van der Waals surface area contributed by atoms with Gasteiger partial charge in [0.05, 0.1) is 22.8 Å². The minimum absolute atomic E-state index is 0.00397. The first kappa shape index (κ1) is 16.6. The van der Waals surface area contributed by atoms with E-state index in [1.807, 2.05) is 55.5 Å². The quantitative estimate of drug-likeness (QED) is 0.690. The van der Waals surface area contributed by atoms with Crippen molar-refractivity contribution >= 4 is 28.7 Å². The van der Waals surface area contributed by atoms with Crippen LogP contribution >= 0.6 is 11.8 Å². The van der Waals surface area contributed by atoms with Crippen LogP contribution in [-0.4, -0.2) is 21.2 Å². The number of nitrogens with zero attached hydrogens (tertiary/aromatic N) is 2. The highest BCUT2D eigenvalue weighted by atomic mass is 32.2. The predicted octanol–water partition coefficient (Wildman–Crippen LogP) is 4.03. The standard InChI is InChI=1S/C19H21N3OS/c1-3-22-17-12-8-7-11-16(17)21-19(22)24-13-18(23)20-14(2)15-9-5-4-6-10-15/h4-12,14H,3,13H2,1-2H3,(H,20,23)/t14-/m0/s1. The summed E-state index contributed by atoms with van der Waals surface area (Å²) in [6.45, 7) is 4.93. The number of rotatable bonds is 6. The third-order valence-corrected chi connectivity index (χ3v) is 4.92. The fourth-order valence-electron chi connectivity index (χ4n) is 2.71. The smallest absolute Gasteiger partial charge is 0.230 e. The highest BCUT2D eigenvalue weighted by Gasteiger charge is 2.13. The van der Waals surface area contributed by atoms with Crippen molar-refractivity contribution in [2.75, 3.05) is 5.75 Å². The molecule has 1 aromatic heterocycles. The Morgan fingerprint density at radius 2 is 1.88 bits per heavy atom. The van der Waals surface area contributed by atoms with E-state index in [1.54, 1.807) is 0 Å². The molecule has 0 saturated carbocycles. The maximum Gasteiger partial charge on any atom is 0.230 e. The van der Waals surface area contributed by atoms with Crippen LogP contribution in [-0.2, 0) is 11.3 Å². The molecule has 5 heteroatoms. The van der Waals surface area contributed by atoms with Crippen LogP contribution in [0.4, 0.5) is 0 Å². The lowest BCUT2D eigenvalue weighted by molar-refractivity contribution is -0.119. The number of amides is 1. The van der Waals surface area contributed by atoms with Gasteiger partial charge >= 0.3 is 0 Å². The number of thioether (sulfide) groups is 1. The van der Waals surface area contributed by atoms with Crippen LogP contribution in [0.5, 0.6) is 0 Å². The van der Waals surface area contributed by atoms with Gasteiger partial charge in [0.15, 0.2) is 5.16 Å². The molecule has 24 heavy (non-hydrogen) atoms.